The fourth-order valence-electron chi connectivity index (χ4n) is 3.09. The zero-order valence-electron chi connectivity index (χ0n) is 14.7. The Balaban J connectivity index is 1.73. The van der Waals surface area contributed by atoms with Gasteiger partial charge in [0.1, 0.15) is 16.3 Å². The lowest BCUT2D eigenvalue weighted by molar-refractivity contribution is 0.0167. The number of pyridine rings is 1. The second-order valence-electron chi connectivity index (χ2n) is 7.56. The number of hydrogen-bond acceptors (Lipinski definition) is 6. The summed E-state index contributed by atoms with van der Waals surface area (Å²) in [6.07, 6.45) is 2.21. The molecule has 0 atom stereocenters. The molecular formula is C16H24N4O4S. The first kappa shape index (κ1) is 17.9. The number of nitrogens with one attached hydrogen (secondary N) is 2. The molecule has 1 amide bonds. The van der Waals surface area contributed by atoms with E-state index in [2.05, 4.69) is 15.0 Å². The molecule has 3 rings (SSSR count). The molecule has 3 heterocycles. The van der Waals surface area contributed by atoms with Crippen LogP contribution in [0.4, 0.5) is 10.6 Å². The largest absolute Gasteiger partial charge is 0.444 e. The molecule has 1 spiro atoms. The van der Waals surface area contributed by atoms with Gasteiger partial charge in [-0.3, -0.25) is 0 Å². The van der Waals surface area contributed by atoms with Gasteiger partial charge >= 0.3 is 6.09 Å². The average molecular weight is 368 g/mol. The number of aromatic nitrogens is 1. The molecule has 1 aromatic heterocycles. The number of amides is 1. The molecule has 1 fully saturated rings. The van der Waals surface area contributed by atoms with E-state index in [0.717, 1.165) is 0 Å². The summed E-state index contributed by atoms with van der Waals surface area (Å²) < 4.78 is 33.6. The fourth-order valence-corrected chi connectivity index (χ4v) is 4.69. The standard InChI is InChI=1S/C16H24N4O4S/c1-15(2,3)24-14(21)20-9-6-16(7-10-20)11-18-13-12(5-4-8-17-13)25(22,23)19-16/h4-5,8,19H,6-7,9-11H2,1-3H3,(H,17,18). The number of sulfonamides is 1. The summed E-state index contributed by atoms with van der Waals surface area (Å²) in [5.74, 6) is 0.362. The van der Waals surface area contributed by atoms with Crippen LogP contribution in [0.15, 0.2) is 23.2 Å². The van der Waals surface area contributed by atoms with Crippen molar-refractivity contribution in [3.05, 3.63) is 18.3 Å². The normalized spacial score (nSPS) is 21.8. The number of piperidine rings is 1. The topological polar surface area (TPSA) is 101 Å². The first-order chi connectivity index (χ1) is 11.6. The Labute approximate surface area is 148 Å². The zero-order valence-corrected chi connectivity index (χ0v) is 15.5. The van der Waals surface area contributed by atoms with Crippen LogP contribution < -0.4 is 10.0 Å². The van der Waals surface area contributed by atoms with Gasteiger partial charge in [-0.25, -0.2) is 22.9 Å². The van der Waals surface area contributed by atoms with E-state index < -0.39 is 21.2 Å². The van der Waals surface area contributed by atoms with Gasteiger partial charge in [-0.1, -0.05) is 0 Å². The third-order valence-corrected chi connectivity index (χ3v) is 5.99. The Bertz CT molecular complexity index is 765. The van der Waals surface area contributed by atoms with Crippen LogP contribution in [0.1, 0.15) is 33.6 Å². The van der Waals surface area contributed by atoms with Crippen LogP contribution in [0.5, 0.6) is 0 Å². The number of anilines is 1. The van der Waals surface area contributed by atoms with Crippen molar-refractivity contribution in [3.63, 3.8) is 0 Å². The van der Waals surface area contributed by atoms with Crippen LogP contribution >= 0.6 is 0 Å². The van der Waals surface area contributed by atoms with Crippen molar-refractivity contribution in [2.24, 2.45) is 0 Å². The highest BCUT2D eigenvalue weighted by atomic mass is 32.2. The minimum atomic E-state index is -3.66. The molecule has 0 unspecified atom stereocenters. The van der Waals surface area contributed by atoms with Crippen molar-refractivity contribution in [3.8, 4) is 0 Å². The maximum absolute atomic E-state index is 12.7. The third-order valence-electron chi connectivity index (χ3n) is 4.38. The number of nitrogens with zero attached hydrogens (tertiary/aromatic N) is 2. The Morgan fingerprint density at radius 2 is 2.00 bits per heavy atom. The monoisotopic (exact) mass is 368 g/mol. The predicted molar refractivity (Wildman–Crippen MR) is 92.8 cm³/mol. The summed E-state index contributed by atoms with van der Waals surface area (Å²) in [7, 11) is -3.66. The van der Waals surface area contributed by atoms with Crippen LogP contribution in [0, 0.1) is 0 Å². The molecule has 138 valence electrons. The summed E-state index contributed by atoms with van der Waals surface area (Å²) >= 11 is 0. The first-order valence-corrected chi connectivity index (χ1v) is 9.79. The fraction of sp³-hybridized carbons (Fsp3) is 0.625. The van der Waals surface area contributed by atoms with Crippen LogP contribution in [0.2, 0.25) is 0 Å². The Kier molecular flexibility index (Phi) is 4.40. The molecule has 0 bridgehead atoms. The average Bonchev–Trinajstić information content (AvgIpc) is 2.62. The van der Waals surface area contributed by atoms with E-state index in [9.17, 15) is 13.2 Å². The van der Waals surface area contributed by atoms with E-state index in [1.54, 1.807) is 17.2 Å². The number of fused-ring (bicyclic) bond motifs is 1. The molecule has 2 N–H and O–H groups in total. The highest BCUT2D eigenvalue weighted by molar-refractivity contribution is 7.89. The smallest absolute Gasteiger partial charge is 0.410 e. The van der Waals surface area contributed by atoms with E-state index in [1.165, 1.54) is 6.07 Å². The third kappa shape index (κ3) is 3.87. The van der Waals surface area contributed by atoms with Crippen molar-refractivity contribution in [2.45, 2.75) is 49.6 Å². The van der Waals surface area contributed by atoms with Gasteiger partial charge in [0, 0.05) is 25.8 Å². The maximum Gasteiger partial charge on any atom is 0.410 e. The molecule has 1 aromatic rings. The van der Waals surface area contributed by atoms with Gasteiger partial charge < -0.3 is 15.0 Å². The number of likely N-dealkylation sites (tertiary alicyclic amines) is 1. The Morgan fingerprint density at radius 3 is 2.64 bits per heavy atom. The van der Waals surface area contributed by atoms with Gasteiger partial charge in [0.15, 0.2) is 0 Å². The quantitative estimate of drug-likeness (QED) is 0.721. The zero-order chi connectivity index (χ0) is 18.3. The van der Waals surface area contributed by atoms with Crippen LogP contribution in [-0.4, -0.2) is 55.2 Å². The van der Waals surface area contributed by atoms with Crippen molar-refractivity contribution in [1.82, 2.24) is 14.6 Å². The van der Waals surface area contributed by atoms with E-state index in [4.69, 9.17) is 4.74 Å². The molecule has 1 saturated heterocycles. The molecule has 0 saturated carbocycles. The first-order valence-electron chi connectivity index (χ1n) is 8.31. The van der Waals surface area contributed by atoms with Crippen molar-refractivity contribution in [1.29, 1.82) is 0 Å². The summed E-state index contributed by atoms with van der Waals surface area (Å²) in [5.41, 5.74) is -1.19. The van der Waals surface area contributed by atoms with Crippen LogP contribution in [-0.2, 0) is 14.8 Å². The highest BCUT2D eigenvalue weighted by Crippen LogP contribution is 2.31. The molecular weight excluding hydrogens is 344 g/mol. The molecule has 2 aliphatic heterocycles. The van der Waals surface area contributed by atoms with E-state index in [0.29, 0.717) is 38.3 Å². The summed E-state index contributed by atoms with van der Waals surface area (Å²) in [5, 5.41) is 3.14. The van der Waals surface area contributed by atoms with Gasteiger partial charge in [0.2, 0.25) is 10.0 Å². The summed E-state index contributed by atoms with van der Waals surface area (Å²) in [6.45, 7) is 6.77. The van der Waals surface area contributed by atoms with Crippen molar-refractivity contribution >= 4 is 21.9 Å². The lowest BCUT2D eigenvalue weighted by Gasteiger charge is -2.41. The van der Waals surface area contributed by atoms with Crippen LogP contribution in [0.25, 0.3) is 0 Å². The van der Waals surface area contributed by atoms with Gasteiger partial charge in [-0.05, 0) is 45.7 Å². The summed E-state index contributed by atoms with van der Waals surface area (Å²) in [4.78, 5) is 18.1. The molecule has 9 heteroatoms. The molecule has 25 heavy (non-hydrogen) atoms. The Morgan fingerprint density at radius 1 is 1.32 bits per heavy atom. The number of ether oxygens (including phenoxy) is 1. The SMILES string of the molecule is CC(C)(C)OC(=O)N1CCC2(CC1)CNc1ncccc1S(=O)(=O)N2. The minimum absolute atomic E-state index is 0.154. The van der Waals surface area contributed by atoms with E-state index in [1.807, 2.05) is 20.8 Å². The molecule has 0 aliphatic carbocycles. The number of hydrogen-bond donors (Lipinski definition) is 2. The number of carbonyl (C=O) groups is 1. The van der Waals surface area contributed by atoms with Crippen molar-refractivity contribution in [2.75, 3.05) is 25.0 Å². The van der Waals surface area contributed by atoms with Crippen molar-refractivity contribution < 1.29 is 17.9 Å². The minimum Gasteiger partial charge on any atom is -0.444 e. The lowest BCUT2D eigenvalue weighted by atomic mass is 9.88. The van der Waals surface area contributed by atoms with Gasteiger partial charge in [-0.15, -0.1) is 0 Å². The number of carbonyl (C=O) groups excluding carboxylic acids is 1. The van der Waals surface area contributed by atoms with Gasteiger partial charge in [-0.2, -0.15) is 0 Å². The second-order valence-corrected chi connectivity index (χ2v) is 9.21. The maximum atomic E-state index is 12.7. The molecule has 0 radical (unpaired) electrons. The molecule has 8 nitrogen and oxygen atoms in total. The highest BCUT2D eigenvalue weighted by Gasteiger charge is 2.42. The molecule has 2 aliphatic rings. The molecule has 0 aromatic carbocycles. The second kappa shape index (κ2) is 6.14. The lowest BCUT2D eigenvalue weighted by Crippen LogP contribution is -2.58. The van der Waals surface area contributed by atoms with Gasteiger partial charge in [0.25, 0.3) is 0 Å². The van der Waals surface area contributed by atoms with Crippen LogP contribution in [0.3, 0.4) is 0 Å². The Hall–Kier alpha value is -1.87. The number of rotatable bonds is 0. The predicted octanol–water partition coefficient (Wildman–Crippen LogP) is 1.56. The summed E-state index contributed by atoms with van der Waals surface area (Å²) in [6, 6.07) is 3.13. The van der Waals surface area contributed by atoms with E-state index in [-0.39, 0.29) is 11.0 Å². The van der Waals surface area contributed by atoms with Gasteiger partial charge in [0.05, 0.1) is 5.54 Å². The van der Waals surface area contributed by atoms with E-state index >= 15 is 0 Å².